The van der Waals surface area contributed by atoms with Crippen molar-refractivity contribution in [2.24, 2.45) is 0 Å². The summed E-state index contributed by atoms with van der Waals surface area (Å²) in [5, 5.41) is 17.7. The summed E-state index contributed by atoms with van der Waals surface area (Å²) in [5.74, 6) is 0. The third kappa shape index (κ3) is 1.89. The van der Waals surface area contributed by atoms with Crippen molar-refractivity contribution in [3.63, 3.8) is 0 Å². The lowest BCUT2D eigenvalue weighted by atomic mass is 9.92. The van der Waals surface area contributed by atoms with Crippen LogP contribution in [0.3, 0.4) is 0 Å². The normalized spacial score (nSPS) is 11.3. The summed E-state index contributed by atoms with van der Waals surface area (Å²) in [6.07, 6.45) is 0. The number of rotatable bonds is 3. The van der Waals surface area contributed by atoms with E-state index in [0.717, 1.165) is 22.9 Å². The van der Waals surface area contributed by atoms with Gasteiger partial charge in [0.25, 0.3) is 0 Å². The molecule has 96 valence electrons. The molecule has 0 aliphatic rings. The minimum Gasteiger partial charge on any atom is -0.392 e. The molecule has 0 radical (unpaired) electrons. The summed E-state index contributed by atoms with van der Waals surface area (Å²) in [4.78, 5) is 0. The Morgan fingerprint density at radius 3 is 1.58 bits per heavy atom. The third-order valence-electron chi connectivity index (χ3n) is 3.67. The molecule has 0 aliphatic heterocycles. The van der Waals surface area contributed by atoms with Gasteiger partial charge in [-0.25, -0.2) is 0 Å². The van der Waals surface area contributed by atoms with Crippen molar-refractivity contribution in [3.8, 4) is 0 Å². The first-order valence-corrected chi connectivity index (χ1v) is 6.53. The Bertz CT molecular complexity index is 677. The topological polar surface area (TPSA) is 32.3 Å². The molecular formula is C17H17NO. The van der Waals surface area contributed by atoms with Gasteiger partial charge in [0.05, 0.1) is 6.61 Å². The maximum atomic E-state index is 9.74. The predicted molar refractivity (Wildman–Crippen MR) is 80.1 cm³/mol. The number of benzene rings is 3. The summed E-state index contributed by atoms with van der Waals surface area (Å²) in [6.45, 7) is 0.896. The molecule has 0 aliphatic carbocycles. The van der Waals surface area contributed by atoms with Crippen LogP contribution in [0.4, 0.5) is 0 Å². The highest BCUT2D eigenvalue weighted by molar-refractivity contribution is 6.05. The van der Waals surface area contributed by atoms with Gasteiger partial charge in [-0.15, -0.1) is 0 Å². The van der Waals surface area contributed by atoms with E-state index < -0.39 is 0 Å². The van der Waals surface area contributed by atoms with E-state index in [1.807, 2.05) is 19.2 Å². The van der Waals surface area contributed by atoms with E-state index in [-0.39, 0.29) is 6.61 Å². The summed E-state index contributed by atoms with van der Waals surface area (Å²) in [5.41, 5.74) is 2.32. The molecule has 0 atom stereocenters. The highest BCUT2D eigenvalue weighted by Gasteiger charge is 2.11. The number of aliphatic hydroxyl groups is 1. The zero-order chi connectivity index (χ0) is 13.2. The van der Waals surface area contributed by atoms with Crippen molar-refractivity contribution in [2.75, 3.05) is 7.05 Å². The van der Waals surface area contributed by atoms with E-state index in [0.29, 0.717) is 0 Å². The quantitative estimate of drug-likeness (QED) is 0.701. The second-order valence-corrected chi connectivity index (χ2v) is 4.74. The SMILES string of the molecule is CNCc1c2ccccc2c(CO)c2ccccc12. The molecule has 2 heteroatoms. The van der Waals surface area contributed by atoms with Crippen LogP contribution in [-0.2, 0) is 13.2 Å². The molecular weight excluding hydrogens is 234 g/mol. The fraction of sp³-hybridized carbons (Fsp3) is 0.176. The zero-order valence-corrected chi connectivity index (χ0v) is 11.0. The van der Waals surface area contributed by atoms with Crippen LogP contribution in [0.15, 0.2) is 48.5 Å². The Morgan fingerprint density at radius 2 is 1.21 bits per heavy atom. The molecule has 0 aromatic heterocycles. The van der Waals surface area contributed by atoms with Crippen LogP contribution < -0.4 is 5.32 Å². The van der Waals surface area contributed by atoms with Crippen molar-refractivity contribution < 1.29 is 5.11 Å². The zero-order valence-electron chi connectivity index (χ0n) is 11.0. The highest BCUT2D eigenvalue weighted by Crippen LogP contribution is 2.32. The van der Waals surface area contributed by atoms with Crippen molar-refractivity contribution in [3.05, 3.63) is 59.7 Å². The Kier molecular flexibility index (Phi) is 3.20. The van der Waals surface area contributed by atoms with Gasteiger partial charge in [-0.2, -0.15) is 0 Å². The van der Waals surface area contributed by atoms with Crippen LogP contribution >= 0.6 is 0 Å². The number of aliphatic hydroxyl groups excluding tert-OH is 1. The first-order chi connectivity index (χ1) is 9.36. The van der Waals surface area contributed by atoms with Gasteiger partial charge in [0.15, 0.2) is 0 Å². The molecule has 19 heavy (non-hydrogen) atoms. The van der Waals surface area contributed by atoms with E-state index in [1.165, 1.54) is 16.3 Å². The van der Waals surface area contributed by atoms with Crippen molar-refractivity contribution >= 4 is 21.5 Å². The minimum absolute atomic E-state index is 0.0703. The standard InChI is InChI=1S/C17H17NO/c1-18-10-16-12-6-2-4-8-14(12)17(11-19)15-9-5-3-7-13(15)16/h2-9,18-19H,10-11H2,1H3. The fourth-order valence-corrected chi connectivity index (χ4v) is 2.85. The molecule has 0 amide bonds. The summed E-state index contributed by atoms with van der Waals surface area (Å²) in [6, 6.07) is 16.6. The van der Waals surface area contributed by atoms with Crippen molar-refractivity contribution in [2.45, 2.75) is 13.2 Å². The van der Waals surface area contributed by atoms with E-state index in [4.69, 9.17) is 0 Å². The average Bonchev–Trinajstić information content (AvgIpc) is 2.47. The van der Waals surface area contributed by atoms with E-state index in [1.54, 1.807) is 0 Å². The first-order valence-electron chi connectivity index (χ1n) is 6.53. The van der Waals surface area contributed by atoms with Gasteiger partial charge in [-0.05, 0) is 39.7 Å². The molecule has 3 rings (SSSR count). The Hall–Kier alpha value is -1.90. The van der Waals surface area contributed by atoms with Crippen molar-refractivity contribution in [1.82, 2.24) is 5.32 Å². The van der Waals surface area contributed by atoms with Gasteiger partial charge in [-0.3, -0.25) is 0 Å². The molecule has 0 saturated carbocycles. The molecule has 2 N–H and O–H groups in total. The Labute approximate surface area is 112 Å². The average molecular weight is 251 g/mol. The molecule has 0 unspecified atom stereocenters. The Morgan fingerprint density at radius 1 is 0.789 bits per heavy atom. The molecule has 0 fully saturated rings. The van der Waals surface area contributed by atoms with Crippen LogP contribution in [0, 0.1) is 0 Å². The third-order valence-corrected chi connectivity index (χ3v) is 3.67. The second-order valence-electron chi connectivity index (χ2n) is 4.74. The minimum atomic E-state index is 0.0703. The lowest BCUT2D eigenvalue weighted by Crippen LogP contribution is -2.07. The first kappa shape index (κ1) is 12.2. The number of hydrogen-bond acceptors (Lipinski definition) is 2. The lowest BCUT2D eigenvalue weighted by Gasteiger charge is -2.15. The van der Waals surface area contributed by atoms with Gasteiger partial charge in [0.2, 0.25) is 0 Å². The number of fused-ring (bicyclic) bond motifs is 2. The van der Waals surface area contributed by atoms with Crippen LogP contribution in [0.5, 0.6) is 0 Å². The lowest BCUT2D eigenvalue weighted by molar-refractivity contribution is 0.285. The van der Waals surface area contributed by atoms with Crippen LogP contribution in [0.25, 0.3) is 21.5 Å². The number of hydrogen-bond donors (Lipinski definition) is 2. The summed E-state index contributed by atoms with van der Waals surface area (Å²) >= 11 is 0. The monoisotopic (exact) mass is 251 g/mol. The molecule has 0 saturated heterocycles. The van der Waals surface area contributed by atoms with E-state index in [2.05, 4.69) is 41.7 Å². The molecule has 0 heterocycles. The molecule has 3 aromatic carbocycles. The fourth-order valence-electron chi connectivity index (χ4n) is 2.85. The Balaban J connectivity index is 2.53. The van der Waals surface area contributed by atoms with Gasteiger partial charge in [0, 0.05) is 6.54 Å². The molecule has 0 bridgehead atoms. The highest BCUT2D eigenvalue weighted by atomic mass is 16.3. The number of nitrogens with one attached hydrogen (secondary N) is 1. The maximum Gasteiger partial charge on any atom is 0.0693 e. The van der Waals surface area contributed by atoms with Crippen LogP contribution in [0.1, 0.15) is 11.1 Å². The van der Waals surface area contributed by atoms with Crippen LogP contribution in [0.2, 0.25) is 0 Å². The predicted octanol–water partition coefficient (Wildman–Crippen LogP) is 3.20. The molecule has 2 nitrogen and oxygen atoms in total. The van der Waals surface area contributed by atoms with E-state index >= 15 is 0 Å². The van der Waals surface area contributed by atoms with Gasteiger partial charge < -0.3 is 10.4 Å². The van der Waals surface area contributed by atoms with E-state index in [9.17, 15) is 5.11 Å². The summed E-state index contributed by atoms with van der Waals surface area (Å²) in [7, 11) is 1.96. The van der Waals surface area contributed by atoms with Gasteiger partial charge in [-0.1, -0.05) is 48.5 Å². The summed E-state index contributed by atoms with van der Waals surface area (Å²) < 4.78 is 0. The van der Waals surface area contributed by atoms with Crippen molar-refractivity contribution in [1.29, 1.82) is 0 Å². The molecule has 3 aromatic rings. The second kappa shape index (κ2) is 5.00. The van der Waals surface area contributed by atoms with Crippen LogP contribution in [-0.4, -0.2) is 12.2 Å². The van der Waals surface area contributed by atoms with Gasteiger partial charge >= 0.3 is 0 Å². The maximum absolute atomic E-state index is 9.74. The van der Waals surface area contributed by atoms with Gasteiger partial charge in [0.1, 0.15) is 0 Å². The molecule has 0 spiro atoms. The smallest absolute Gasteiger partial charge is 0.0693 e. The largest absolute Gasteiger partial charge is 0.392 e.